The van der Waals surface area contributed by atoms with Gasteiger partial charge in [-0.3, -0.25) is 4.79 Å². The molecule has 1 atom stereocenters. The van der Waals surface area contributed by atoms with Crippen molar-refractivity contribution in [1.29, 1.82) is 0 Å². The van der Waals surface area contributed by atoms with Crippen molar-refractivity contribution < 1.29 is 9.90 Å². The van der Waals surface area contributed by atoms with Gasteiger partial charge in [0, 0.05) is 38.5 Å². The van der Waals surface area contributed by atoms with Crippen LogP contribution in [-0.2, 0) is 10.5 Å². The van der Waals surface area contributed by atoms with Crippen LogP contribution in [0.4, 0.5) is 10.9 Å². The summed E-state index contributed by atoms with van der Waals surface area (Å²) in [7, 11) is 0. The first kappa shape index (κ1) is 24.7. The maximum Gasteiger partial charge on any atom is 0.227 e. The molecule has 4 rings (SSSR count). The Labute approximate surface area is 208 Å². The molecule has 182 valence electrons. The summed E-state index contributed by atoms with van der Waals surface area (Å²) in [6, 6.07) is 10.3. The van der Waals surface area contributed by atoms with E-state index in [4.69, 9.17) is 9.97 Å². The van der Waals surface area contributed by atoms with E-state index in [1.807, 2.05) is 36.9 Å². The van der Waals surface area contributed by atoms with Gasteiger partial charge in [-0.05, 0) is 32.3 Å². The van der Waals surface area contributed by atoms with E-state index in [1.165, 1.54) is 16.9 Å². The minimum atomic E-state index is -0.0287. The van der Waals surface area contributed by atoms with Crippen molar-refractivity contribution in [2.75, 3.05) is 49.5 Å². The number of aromatic nitrogens is 3. The van der Waals surface area contributed by atoms with E-state index in [-0.39, 0.29) is 18.4 Å². The fourth-order valence-corrected chi connectivity index (χ4v) is 5.93. The fraction of sp³-hybridized carbons (Fsp3) is 0.500. The molecular formula is C24H32N6O2S2. The monoisotopic (exact) mass is 500 g/mol. The lowest BCUT2D eigenvalue weighted by atomic mass is 9.96. The van der Waals surface area contributed by atoms with Crippen LogP contribution in [0.3, 0.4) is 0 Å². The first-order valence-electron chi connectivity index (χ1n) is 11.9. The van der Waals surface area contributed by atoms with Crippen LogP contribution in [0.15, 0.2) is 35.5 Å². The SMILES string of the molecule is CCN(CC)C(=O)C1CCCN(c2nc(SCc3ccccc3)nc3nc(NCCO)sc23)C1. The van der Waals surface area contributed by atoms with Crippen LogP contribution in [0.2, 0.25) is 0 Å². The number of fused-ring (bicyclic) bond motifs is 1. The Morgan fingerprint density at radius 1 is 1.24 bits per heavy atom. The summed E-state index contributed by atoms with van der Waals surface area (Å²) in [5, 5.41) is 13.7. The first-order valence-corrected chi connectivity index (χ1v) is 13.7. The molecule has 0 aliphatic carbocycles. The second kappa shape index (κ2) is 11.8. The number of hydrogen-bond acceptors (Lipinski definition) is 9. The third-order valence-electron chi connectivity index (χ3n) is 5.96. The summed E-state index contributed by atoms with van der Waals surface area (Å²) >= 11 is 3.09. The van der Waals surface area contributed by atoms with Crippen LogP contribution in [0.25, 0.3) is 10.3 Å². The van der Waals surface area contributed by atoms with Crippen LogP contribution < -0.4 is 10.2 Å². The van der Waals surface area contributed by atoms with Crippen LogP contribution >= 0.6 is 23.1 Å². The first-order chi connectivity index (χ1) is 16.6. The highest BCUT2D eigenvalue weighted by atomic mass is 32.2. The number of hydrogen-bond donors (Lipinski definition) is 2. The van der Waals surface area contributed by atoms with Gasteiger partial charge in [-0.1, -0.05) is 53.4 Å². The molecule has 0 radical (unpaired) electrons. The molecule has 2 N–H and O–H groups in total. The van der Waals surface area contributed by atoms with Crippen molar-refractivity contribution >= 4 is 50.3 Å². The molecule has 8 nitrogen and oxygen atoms in total. The van der Waals surface area contributed by atoms with E-state index in [0.717, 1.165) is 53.9 Å². The van der Waals surface area contributed by atoms with Crippen LogP contribution in [-0.4, -0.2) is 70.2 Å². The molecule has 1 saturated heterocycles. The molecule has 0 saturated carbocycles. The number of aliphatic hydroxyl groups excluding tert-OH is 1. The molecule has 1 aromatic carbocycles. The van der Waals surface area contributed by atoms with Gasteiger partial charge >= 0.3 is 0 Å². The minimum Gasteiger partial charge on any atom is -0.395 e. The summed E-state index contributed by atoms with van der Waals surface area (Å²) in [6.07, 6.45) is 1.85. The molecule has 1 aliphatic rings. The Kier molecular flexibility index (Phi) is 8.58. The van der Waals surface area contributed by atoms with E-state index >= 15 is 0 Å². The number of aliphatic hydroxyl groups is 1. The number of thiazole rings is 1. The molecular weight excluding hydrogens is 468 g/mol. The number of thioether (sulfide) groups is 1. The number of nitrogens with zero attached hydrogens (tertiary/aromatic N) is 5. The zero-order valence-corrected chi connectivity index (χ0v) is 21.4. The molecule has 10 heteroatoms. The van der Waals surface area contributed by atoms with E-state index in [2.05, 4.69) is 27.3 Å². The average Bonchev–Trinajstić information content (AvgIpc) is 3.30. The van der Waals surface area contributed by atoms with Gasteiger partial charge < -0.3 is 20.2 Å². The Morgan fingerprint density at radius 3 is 2.76 bits per heavy atom. The molecule has 34 heavy (non-hydrogen) atoms. The number of benzene rings is 1. The van der Waals surface area contributed by atoms with Crippen molar-refractivity contribution in [3.8, 4) is 0 Å². The smallest absolute Gasteiger partial charge is 0.227 e. The van der Waals surface area contributed by atoms with Gasteiger partial charge in [0.2, 0.25) is 5.91 Å². The van der Waals surface area contributed by atoms with E-state index in [1.54, 1.807) is 11.8 Å². The summed E-state index contributed by atoms with van der Waals surface area (Å²) in [6.45, 7) is 7.51. The predicted octanol–water partition coefficient (Wildman–Crippen LogP) is 3.87. The largest absolute Gasteiger partial charge is 0.395 e. The molecule has 1 amide bonds. The molecule has 2 aromatic heterocycles. The highest BCUT2D eigenvalue weighted by molar-refractivity contribution is 7.98. The molecule has 0 bridgehead atoms. The van der Waals surface area contributed by atoms with Crippen LogP contribution in [0, 0.1) is 5.92 Å². The van der Waals surface area contributed by atoms with Gasteiger partial charge in [0.25, 0.3) is 0 Å². The minimum absolute atomic E-state index is 0.0287. The van der Waals surface area contributed by atoms with Crippen molar-refractivity contribution in [2.24, 2.45) is 5.92 Å². The number of anilines is 2. The van der Waals surface area contributed by atoms with Crippen LogP contribution in [0.1, 0.15) is 32.3 Å². The molecule has 1 unspecified atom stereocenters. The Bertz CT molecular complexity index is 1090. The maximum atomic E-state index is 13.1. The van der Waals surface area contributed by atoms with E-state index in [0.29, 0.717) is 23.9 Å². The molecule has 3 heterocycles. The predicted molar refractivity (Wildman–Crippen MR) is 140 cm³/mol. The molecule has 1 fully saturated rings. The number of nitrogens with one attached hydrogen (secondary N) is 1. The second-order valence-electron chi connectivity index (χ2n) is 8.22. The molecule has 0 spiro atoms. The zero-order valence-electron chi connectivity index (χ0n) is 19.7. The Balaban J connectivity index is 1.63. The Morgan fingerprint density at radius 2 is 2.03 bits per heavy atom. The zero-order chi connectivity index (χ0) is 23.9. The van der Waals surface area contributed by atoms with Crippen LogP contribution in [0.5, 0.6) is 0 Å². The number of rotatable bonds is 10. The summed E-state index contributed by atoms with van der Waals surface area (Å²) < 4.78 is 0.917. The van der Waals surface area contributed by atoms with Gasteiger partial charge in [-0.25, -0.2) is 9.97 Å². The lowest BCUT2D eigenvalue weighted by molar-refractivity contribution is -0.135. The molecule has 1 aliphatic heterocycles. The number of carbonyl (C=O) groups is 1. The lowest BCUT2D eigenvalue weighted by Gasteiger charge is -2.35. The third kappa shape index (κ3) is 5.79. The van der Waals surface area contributed by atoms with E-state index < -0.39 is 0 Å². The highest BCUT2D eigenvalue weighted by Crippen LogP contribution is 2.36. The fourth-order valence-electron chi connectivity index (χ4n) is 4.19. The van der Waals surface area contributed by atoms with Gasteiger partial charge in [-0.15, -0.1) is 0 Å². The quantitative estimate of drug-likeness (QED) is 0.320. The summed E-state index contributed by atoms with van der Waals surface area (Å²) in [4.78, 5) is 31.6. The van der Waals surface area contributed by atoms with Gasteiger partial charge in [0.1, 0.15) is 4.70 Å². The standard InChI is InChI=1S/C24H32N6O2S2/c1-3-29(4-2)22(32)18-11-8-13-30(15-18)21-19-20(26-23(34-19)25-12-14-31)27-24(28-21)33-16-17-9-6-5-7-10-17/h5-7,9-10,18,31H,3-4,8,11-16H2,1-2H3,(H,25,26,27,28). The Hall–Kier alpha value is -2.43. The van der Waals surface area contributed by atoms with E-state index in [9.17, 15) is 9.90 Å². The lowest BCUT2D eigenvalue weighted by Crippen LogP contribution is -2.45. The van der Waals surface area contributed by atoms with Crippen molar-refractivity contribution in [2.45, 2.75) is 37.6 Å². The summed E-state index contributed by atoms with van der Waals surface area (Å²) in [5.41, 5.74) is 1.87. The van der Waals surface area contributed by atoms with Crippen molar-refractivity contribution in [3.63, 3.8) is 0 Å². The third-order valence-corrected chi connectivity index (χ3v) is 7.88. The number of piperidine rings is 1. The highest BCUT2D eigenvalue weighted by Gasteiger charge is 2.30. The van der Waals surface area contributed by atoms with Crippen molar-refractivity contribution in [1.82, 2.24) is 19.9 Å². The molecule has 3 aromatic rings. The summed E-state index contributed by atoms with van der Waals surface area (Å²) in [5.74, 6) is 1.83. The van der Waals surface area contributed by atoms with Crippen molar-refractivity contribution in [3.05, 3.63) is 35.9 Å². The average molecular weight is 501 g/mol. The second-order valence-corrected chi connectivity index (χ2v) is 10.2. The van der Waals surface area contributed by atoms with Gasteiger partial charge in [0.15, 0.2) is 21.8 Å². The topological polar surface area (TPSA) is 94.5 Å². The number of amides is 1. The van der Waals surface area contributed by atoms with Gasteiger partial charge in [0.05, 0.1) is 12.5 Å². The van der Waals surface area contributed by atoms with Gasteiger partial charge in [-0.2, -0.15) is 4.98 Å². The number of carbonyl (C=O) groups excluding carboxylic acids is 1. The maximum absolute atomic E-state index is 13.1. The normalized spacial score (nSPS) is 16.1.